The molecule has 6 heteroatoms. The quantitative estimate of drug-likeness (QED) is 0.371. The van der Waals surface area contributed by atoms with Crippen LogP contribution in [0, 0.1) is 0 Å². The van der Waals surface area contributed by atoms with E-state index in [1.807, 2.05) is 48.5 Å². The minimum Gasteiger partial charge on any atom is -0.494 e. The molecule has 2 aromatic rings. The summed E-state index contributed by atoms with van der Waals surface area (Å²) in [7, 11) is 0. The molecule has 0 fully saturated rings. The van der Waals surface area contributed by atoms with E-state index < -0.39 is 0 Å². The van der Waals surface area contributed by atoms with E-state index in [2.05, 4.69) is 9.98 Å². The molecule has 27 heavy (non-hydrogen) atoms. The van der Waals surface area contributed by atoms with Crippen LogP contribution in [0.15, 0.2) is 58.5 Å². The first-order valence-corrected chi connectivity index (χ1v) is 9.10. The van der Waals surface area contributed by atoms with Gasteiger partial charge in [-0.25, -0.2) is 9.98 Å². The van der Waals surface area contributed by atoms with Gasteiger partial charge in [0.15, 0.2) is 0 Å². The number of unbranched alkanes of at least 4 members (excludes halogenated alkanes) is 2. The topological polar surface area (TPSA) is 95.2 Å². The van der Waals surface area contributed by atoms with Crippen molar-refractivity contribution >= 4 is 23.0 Å². The second-order valence-corrected chi connectivity index (χ2v) is 6.25. The van der Waals surface area contributed by atoms with Crippen LogP contribution in [0.25, 0.3) is 0 Å². The van der Waals surface area contributed by atoms with Gasteiger partial charge in [0, 0.05) is 0 Å². The minimum atomic E-state index is 0.543. The lowest BCUT2D eigenvalue weighted by molar-refractivity contribution is 0.279. The van der Waals surface area contributed by atoms with Crippen molar-refractivity contribution < 1.29 is 9.47 Å². The molecule has 0 saturated carbocycles. The minimum absolute atomic E-state index is 0.543. The molecule has 0 aliphatic heterocycles. The summed E-state index contributed by atoms with van der Waals surface area (Å²) in [4.78, 5) is 8.37. The summed E-state index contributed by atoms with van der Waals surface area (Å²) >= 11 is 0. The molecule has 0 unspecified atom stereocenters. The van der Waals surface area contributed by atoms with Gasteiger partial charge in [0.05, 0.1) is 36.3 Å². The van der Waals surface area contributed by atoms with Crippen LogP contribution in [0.1, 0.15) is 33.1 Å². The molecule has 144 valence electrons. The van der Waals surface area contributed by atoms with Crippen LogP contribution in [0.4, 0.5) is 11.4 Å². The lowest BCUT2D eigenvalue weighted by atomic mass is 10.2. The van der Waals surface area contributed by atoms with Crippen LogP contribution in [-0.4, -0.2) is 24.9 Å². The molecular formula is C21H28N4O2. The van der Waals surface area contributed by atoms with Gasteiger partial charge in [-0.1, -0.05) is 0 Å². The smallest absolute Gasteiger partial charge is 0.119 e. The molecule has 0 aliphatic carbocycles. The van der Waals surface area contributed by atoms with Gasteiger partial charge in [-0.15, -0.1) is 0 Å². The Labute approximate surface area is 160 Å². The molecular weight excluding hydrogens is 340 g/mol. The molecule has 4 N–H and O–H groups in total. The largest absolute Gasteiger partial charge is 0.494 e. The summed E-state index contributed by atoms with van der Waals surface area (Å²) in [5.74, 6) is 2.77. The fraction of sp³-hybridized carbons (Fsp3) is 0.333. The number of nitrogens with two attached hydrogens (primary N) is 2. The van der Waals surface area contributed by atoms with Gasteiger partial charge in [0.2, 0.25) is 0 Å². The van der Waals surface area contributed by atoms with Crippen molar-refractivity contribution in [3.8, 4) is 11.5 Å². The number of hydrogen-bond donors (Lipinski definition) is 2. The van der Waals surface area contributed by atoms with Gasteiger partial charge in [-0.3, -0.25) is 0 Å². The van der Waals surface area contributed by atoms with Gasteiger partial charge >= 0.3 is 0 Å². The Morgan fingerprint density at radius 2 is 1.04 bits per heavy atom. The van der Waals surface area contributed by atoms with E-state index in [0.717, 1.165) is 42.1 Å². The highest BCUT2D eigenvalue weighted by molar-refractivity contribution is 5.81. The number of amidine groups is 2. The Morgan fingerprint density at radius 3 is 1.37 bits per heavy atom. The Hall–Kier alpha value is -3.02. The van der Waals surface area contributed by atoms with E-state index in [0.29, 0.717) is 24.9 Å². The Balaban J connectivity index is 1.58. The molecule has 0 saturated heterocycles. The van der Waals surface area contributed by atoms with Crippen molar-refractivity contribution in [1.29, 1.82) is 0 Å². The highest BCUT2D eigenvalue weighted by atomic mass is 16.5. The van der Waals surface area contributed by atoms with Crippen LogP contribution in [-0.2, 0) is 0 Å². The standard InChI is InChI=1S/C21H28N4O2/c1-16(22)24-18-6-10-20(11-7-18)26-14-4-3-5-15-27-21-12-8-19(9-13-21)25-17(2)23/h6-13H,3-5,14-15H2,1-2H3,(H2,22,24)(H2,23,25). The Morgan fingerprint density at radius 1 is 0.667 bits per heavy atom. The van der Waals surface area contributed by atoms with Crippen LogP contribution >= 0.6 is 0 Å². The molecule has 0 aromatic heterocycles. The lowest BCUT2D eigenvalue weighted by Crippen LogP contribution is -2.03. The monoisotopic (exact) mass is 368 g/mol. The number of benzene rings is 2. The van der Waals surface area contributed by atoms with Crippen molar-refractivity contribution in [2.75, 3.05) is 13.2 Å². The molecule has 0 amide bonds. The molecule has 2 rings (SSSR count). The normalized spacial score (nSPS) is 12.1. The maximum Gasteiger partial charge on any atom is 0.119 e. The maximum absolute atomic E-state index is 5.73. The third-order valence-electron chi connectivity index (χ3n) is 3.61. The number of nitrogens with zero attached hydrogens (tertiary/aromatic N) is 2. The second kappa shape index (κ2) is 10.9. The third-order valence-corrected chi connectivity index (χ3v) is 3.61. The molecule has 0 atom stereocenters. The zero-order valence-corrected chi connectivity index (χ0v) is 16.0. The van der Waals surface area contributed by atoms with Gasteiger partial charge in [0.1, 0.15) is 11.5 Å². The van der Waals surface area contributed by atoms with Gasteiger partial charge < -0.3 is 20.9 Å². The van der Waals surface area contributed by atoms with Crippen molar-refractivity contribution in [2.45, 2.75) is 33.1 Å². The first-order valence-electron chi connectivity index (χ1n) is 9.10. The first kappa shape index (κ1) is 20.3. The van der Waals surface area contributed by atoms with Gasteiger partial charge in [-0.05, 0) is 81.6 Å². The second-order valence-electron chi connectivity index (χ2n) is 6.25. The molecule has 6 nitrogen and oxygen atoms in total. The lowest BCUT2D eigenvalue weighted by Gasteiger charge is -2.08. The van der Waals surface area contributed by atoms with Crippen LogP contribution in [0.3, 0.4) is 0 Å². The predicted molar refractivity (Wildman–Crippen MR) is 112 cm³/mol. The summed E-state index contributed by atoms with van der Waals surface area (Å²) in [6.07, 6.45) is 3.01. The maximum atomic E-state index is 5.73. The van der Waals surface area contributed by atoms with Crippen LogP contribution < -0.4 is 20.9 Å². The number of hydrogen-bond acceptors (Lipinski definition) is 4. The number of aliphatic imine (C=N–C) groups is 2. The van der Waals surface area contributed by atoms with Crippen LogP contribution in [0.2, 0.25) is 0 Å². The van der Waals surface area contributed by atoms with E-state index in [9.17, 15) is 0 Å². The van der Waals surface area contributed by atoms with Crippen molar-refractivity contribution in [1.82, 2.24) is 0 Å². The van der Waals surface area contributed by atoms with E-state index in [-0.39, 0.29) is 0 Å². The van der Waals surface area contributed by atoms with Crippen molar-refractivity contribution in [3.05, 3.63) is 48.5 Å². The number of rotatable bonds is 10. The zero-order valence-electron chi connectivity index (χ0n) is 16.0. The van der Waals surface area contributed by atoms with E-state index in [1.165, 1.54) is 0 Å². The molecule has 0 aliphatic rings. The van der Waals surface area contributed by atoms with Gasteiger partial charge in [-0.2, -0.15) is 0 Å². The van der Waals surface area contributed by atoms with Crippen molar-refractivity contribution in [2.24, 2.45) is 21.5 Å². The molecule has 0 radical (unpaired) electrons. The SMILES string of the molecule is CC(N)=Nc1ccc(OCCCCCOc2ccc(N=C(C)N)cc2)cc1. The molecule has 0 heterocycles. The fourth-order valence-corrected chi connectivity index (χ4v) is 2.40. The highest BCUT2D eigenvalue weighted by Crippen LogP contribution is 2.19. The predicted octanol–water partition coefficient (Wildman–Crippen LogP) is 4.33. The van der Waals surface area contributed by atoms with E-state index >= 15 is 0 Å². The molecule has 0 bridgehead atoms. The van der Waals surface area contributed by atoms with Crippen molar-refractivity contribution in [3.63, 3.8) is 0 Å². The highest BCUT2D eigenvalue weighted by Gasteiger charge is 1.98. The van der Waals surface area contributed by atoms with E-state index in [4.69, 9.17) is 20.9 Å². The molecule has 2 aromatic carbocycles. The Bertz CT molecular complexity index is 679. The van der Waals surface area contributed by atoms with E-state index in [1.54, 1.807) is 13.8 Å². The average molecular weight is 368 g/mol. The summed E-state index contributed by atoms with van der Waals surface area (Å²) < 4.78 is 11.5. The zero-order chi connectivity index (χ0) is 19.5. The summed E-state index contributed by atoms with van der Waals surface area (Å²) in [6.45, 7) is 4.90. The van der Waals surface area contributed by atoms with Gasteiger partial charge in [0.25, 0.3) is 0 Å². The third kappa shape index (κ3) is 8.27. The average Bonchev–Trinajstić information content (AvgIpc) is 2.63. The summed E-state index contributed by atoms with van der Waals surface area (Å²) in [5, 5.41) is 0. The number of ether oxygens (including phenoxy) is 2. The Kier molecular flexibility index (Phi) is 8.16. The summed E-state index contributed by atoms with van der Waals surface area (Å²) in [6, 6.07) is 15.2. The van der Waals surface area contributed by atoms with Crippen LogP contribution in [0.5, 0.6) is 11.5 Å². The summed E-state index contributed by atoms with van der Waals surface area (Å²) in [5.41, 5.74) is 12.8. The molecule has 0 spiro atoms. The fourth-order valence-electron chi connectivity index (χ4n) is 2.40. The first-order chi connectivity index (χ1) is 13.0.